The quantitative estimate of drug-likeness (QED) is 0.888. The summed E-state index contributed by atoms with van der Waals surface area (Å²) >= 11 is 0. The smallest absolute Gasteiger partial charge is 0.163 e. The lowest BCUT2D eigenvalue weighted by Gasteiger charge is -2.17. The molecular weight excluding hydrogens is 232 g/mol. The number of ether oxygens (including phenoxy) is 1. The maximum Gasteiger partial charge on any atom is 0.163 e. The fourth-order valence-corrected chi connectivity index (χ4v) is 1.96. The summed E-state index contributed by atoms with van der Waals surface area (Å²) in [5, 5.41) is 14.7. The van der Waals surface area contributed by atoms with Gasteiger partial charge in [-0.2, -0.15) is 5.10 Å². The van der Waals surface area contributed by atoms with E-state index in [-0.39, 0.29) is 6.04 Å². The van der Waals surface area contributed by atoms with Crippen molar-refractivity contribution in [2.45, 2.75) is 26.0 Å². The Balaban J connectivity index is 2.49. The normalized spacial score (nSPS) is 13.0. The van der Waals surface area contributed by atoms with E-state index in [0.29, 0.717) is 17.1 Å². The van der Waals surface area contributed by atoms with Crippen molar-refractivity contribution < 1.29 is 9.84 Å². The van der Waals surface area contributed by atoms with Crippen LogP contribution < -0.4 is 4.74 Å². The number of aliphatic hydroxyl groups is 1. The standard InChI is InChI=1S/C12H18N4O2/c1-8(2)16-11(10(18-4)6-14-16)12(17)9-5-13-7-15(9)3/h5-8,12,17H,1-4H3. The Hall–Kier alpha value is -1.82. The average Bonchev–Trinajstić information content (AvgIpc) is 2.93. The second kappa shape index (κ2) is 4.81. The molecule has 0 bridgehead atoms. The van der Waals surface area contributed by atoms with Gasteiger partial charge in [0.25, 0.3) is 0 Å². The van der Waals surface area contributed by atoms with E-state index >= 15 is 0 Å². The van der Waals surface area contributed by atoms with Crippen LogP contribution in [0.3, 0.4) is 0 Å². The fraction of sp³-hybridized carbons (Fsp3) is 0.500. The Morgan fingerprint density at radius 3 is 2.56 bits per heavy atom. The molecule has 1 atom stereocenters. The second-order valence-corrected chi connectivity index (χ2v) is 4.47. The van der Waals surface area contributed by atoms with Crippen molar-refractivity contribution in [2.75, 3.05) is 7.11 Å². The van der Waals surface area contributed by atoms with Gasteiger partial charge in [0.2, 0.25) is 0 Å². The summed E-state index contributed by atoms with van der Waals surface area (Å²) in [5.74, 6) is 0.581. The Labute approximate surface area is 106 Å². The third kappa shape index (κ3) is 1.99. The van der Waals surface area contributed by atoms with Gasteiger partial charge in [-0.3, -0.25) is 4.68 Å². The fourth-order valence-electron chi connectivity index (χ4n) is 1.96. The highest BCUT2D eigenvalue weighted by Gasteiger charge is 2.24. The van der Waals surface area contributed by atoms with E-state index in [1.54, 1.807) is 35.1 Å². The minimum Gasteiger partial charge on any atom is -0.493 e. The van der Waals surface area contributed by atoms with E-state index in [2.05, 4.69) is 10.1 Å². The number of imidazole rings is 1. The molecule has 6 nitrogen and oxygen atoms in total. The molecule has 1 unspecified atom stereocenters. The number of aliphatic hydroxyl groups excluding tert-OH is 1. The van der Waals surface area contributed by atoms with Gasteiger partial charge in [-0.15, -0.1) is 0 Å². The van der Waals surface area contributed by atoms with Gasteiger partial charge in [0.15, 0.2) is 5.75 Å². The van der Waals surface area contributed by atoms with Crippen molar-refractivity contribution in [1.29, 1.82) is 0 Å². The number of aromatic nitrogens is 4. The summed E-state index contributed by atoms with van der Waals surface area (Å²) in [4.78, 5) is 4.02. The van der Waals surface area contributed by atoms with Gasteiger partial charge in [-0.25, -0.2) is 4.98 Å². The zero-order valence-corrected chi connectivity index (χ0v) is 11.0. The van der Waals surface area contributed by atoms with Crippen molar-refractivity contribution in [2.24, 2.45) is 7.05 Å². The average molecular weight is 250 g/mol. The van der Waals surface area contributed by atoms with Crippen molar-refractivity contribution >= 4 is 0 Å². The summed E-state index contributed by atoms with van der Waals surface area (Å²) < 4.78 is 8.80. The van der Waals surface area contributed by atoms with Gasteiger partial charge in [-0.05, 0) is 13.8 Å². The molecule has 0 aliphatic heterocycles. The van der Waals surface area contributed by atoms with Crippen LogP contribution in [0.5, 0.6) is 5.75 Å². The molecule has 0 spiro atoms. The number of methoxy groups -OCH3 is 1. The molecule has 0 saturated carbocycles. The van der Waals surface area contributed by atoms with E-state index in [1.807, 2.05) is 20.9 Å². The molecule has 18 heavy (non-hydrogen) atoms. The maximum absolute atomic E-state index is 10.5. The van der Waals surface area contributed by atoms with Crippen LogP contribution in [0.25, 0.3) is 0 Å². The molecule has 98 valence electrons. The topological polar surface area (TPSA) is 65.1 Å². The number of rotatable bonds is 4. The molecule has 0 aromatic carbocycles. The molecular formula is C12H18N4O2. The minimum absolute atomic E-state index is 0.145. The first kappa shape index (κ1) is 12.6. The lowest BCUT2D eigenvalue weighted by molar-refractivity contribution is 0.191. The maximum atomic E-state index is 10.5. The van der Waals surface area contributed by atoms with Crippen LogP contribution in [-0.4, -0.2) is 31.5 Å². The third-order valence-electron chi connectivity index (χ3n) is 2.90. The highest BCUT2D eigenvalue weighted by molar-refractivity contribution is 5.32. The zero-order valence-electron chi connectivity index (χ0n) is 11.0. The molecule has 0 radical (unpaired) electrons. The monoisotopic (exact) mass is 250 g/mol. The SMILES string of the molecule is COc1cnn(C(C)C)c1C(O)c1cncn1C. The second-order valence-electron chi connectivity index (χ2n) is 4.47. The zero-order chi connectivity index (χ0) is 13.3. The van der Waals surface area contributed by atoms with Crippen LogP contribution in [0.4, 0.5) is 0 Å². The first-order chi connectivity index (χ1) is 8.56. The van der Waals surface area contributed by atoms with Crippen LogP contribution in [0, 0.1) is 0 Å². The summed E-state index contributed by atoms with van der Waals surface area (Å²) in [6.45, 7) is 4.01. The summed E-state index contributed by atoms with van der Waals surface area (Å²) in [5.41, 5.74) is 1.35. The van der Waals surface area contributed by atoms with Gasteiger partial charge in [0.1, 0.15) is 11.8 Å². The first-order valence-electron chi connectivity index (χ1n) is 5.82. The molecule has 2 heterocycles. The largest absolute Gasteiger partial charge is 0.493 e. The van der Waals surface area contributed by atoms with Crippen LogP contribution in [-0.2, 0) is 7.05 Å². The summed E-state index contributed by atoms with van der Waals surface area (Å²) in [7, 11) is 3.41. The van der Waals surface area contributed by atoms with Crippen molar-refractivity contribution in [1.82, 2.24) is 19.3 Å². The predicted molar refractivity (Wildman–Crippen MR) is 66.4 cm³/mol. The number of hydrogen-bond acceptors (Lipinski definition) is 4. The highest BCUT2D eigenvalue weighted by atomic mass is 16.5. The number of nitrogens with zero attached hydrogens (tertiary/aromatic N) is 4. The third-order valence-corrected chi connectivity index (χ3v) is 2.90. The van der Waals surface area contributed by atoms with E-state index < -0.39 is 6.10 Å². The Morgan fingerprint density at radius 1 is 1.33 bits per heavy atom. The molecule has 0 aliphatic rings. The molecule has 0 fully saturated rings. The van der Waals surface area contributed by atoms with Gasteiger partial charge < -0.3 is 14.4 Å². The van der Waals surface area contributed by atoms with E-state index in [9.17, 15) is 5.11 Å². The predicted octanol–water partition coefficient (Wildman–Crippen LogP) is 1.29. The number of aryl methyl sites for hydroxylation is 1. The van der Waals surface area contributed by atoms with E-state index in [1.165, 1.54) is 0 Å². The molecule has 2 aromatic rings. The lowest BCUT2D eigenvalue weighted by Crippen LogP contribution is -2.14. The lowest BCUT2D eigenvalue weighted by atomic mass is 10.1. The molecule has 0 aliphatic carbocycles. The van der Waals surface area contributed by atoms with Crippen molar-refractivity contribution in [3.63, 3.8) is 0 Å². The van der Waals surface area contributed by atoms with E-state index in [0.717, 1.165) is 0 Å². The Morgan fingerprint density at radius 2 is 2.06 bits per heavy atom. The highest BCUT2D eigenvalue weighted by Crippen LogP contribution is 2.31. The van der Waals surface area contributed by atoms with Crippen molar-refractivity contribution in [3.05, 3.63) is 30.1 Å². The molecule has 1 N–H and O–H groups in total. The van der Waals surface area contributed by atoms with Crippen LogP contribution >= 0.6 is 0 Å². The summed E-state index contributed by atoms with van der Waals surface area (Å²) in [6.07, 6.45) is 4.11. The Bertz CT molecular complexity index is 530. The molecule has 0 saturated heterocycles. The summed E-state index contributed by atoms with van der Waals surface area (Å²) in [6, 6.07) is 0.145. The molecule has 2 aromatic heterocycles. The van der Waals surface area contributed by atoms with Gasteiger partial charge >= 0.3 is 0 Å². The van der Waals surface area contributed by atoms with Gasteiger partial charge in [0.05, 0.1) is 31.5 Å². The Kier molecular flexibility index (Phi) is 3.38. The first-order valence-corrected chi connectivity index (χ1v) is 5.82. The van der Waals surface area contributed by atoms with Crippen LogP contribution in [0.15, 0.2) is 18.7 Å². The van der Waals surface area contributed by atoms with Crippen LogP contribution in [0.2, 0.25) is 0 Å². The van der Waals surface area contributed by atoms with Crippen LogP contribution in [0.1, 0.15) is 37.4 Å². The number of hydrogen-bond donors (Lipinski definition) is 1. The molecule has 0 amide bonds. The van der Waals surface area contributed by atoms with Gasteiger partial charge in [0, 0.05) is 13.1 Å². The molecule has 2 rings (SSSR count). The minimum atomic E-state index is -0.808. The van der Waals surface area contributed by atoms with Gasteiger partial charge in [-0.1, -0.05) is 0 Å². The van der Waals surface area contributed by atoms with E-state index in [4.69, 9.17) is 4.74 Å². The molecule has 6 heteroatoms. The van der Waals surface area contributed by atoms with Crippen molar-refractivity contribution in [3.8, 4) is 5.75 Å².